The third-order valence-corrected chi connectivity index (χ3v) is 3.15. The van der Waals surface area contributed by atoms with E-state index in [4.69, 9.17) is 10.5 Å². The summed E-state index contributed by atoms with van der Waals surface area (Å²) in [7, 11) is 0. The first-order valence-electron chi connectivity index (χ1n) is 7.24. The van der Waals surface area contributed by atoms with E-state index in [1.165, 1.54) is 5.56 Å². The van der Waals surface area contributed by atoms with Crippen LogP contribution in [-0.4, -0.2) is 17.6 Å². The molecule has 3 nitrogen and oxygen atoms in total. The molecule has 0 aliphatic heterocycles. The van der Waals surface area contributed by atoms with Crippen LogP contribution in [0.5, 0.6) is 5.75 Å². The van der Waals surface area contributed by atoms with Crippen LogP contribution in [-0.2, 0) is 6.42 Å². The highest BCUT2D eigenvalue weighted by Gasteiger charge is 2.07. The van der Waals surface area contributed by atoms with Crippen molar-refractivity contribution >= 4 is 10.9 Å². The first kappa shape index (κ1) is 14.8. The van der Waals surface area contributed by atoms with E-state index in [0.717, 1.165) is 35.4 Å². The van der Waals surface area contributed by atoms with E-state index in [-0.39, 0.29) is 6.04 Å². The summed E-state index contributed by atoms with van der Waals surface area (Å²) in [4.78, 5) is 4.68. The zero-order valence-electron chi connectivity index (χ0n) is 12.8. The number of fused-ring (bicyclic) bond motifs is 1. The topological polar surface area (TPSA) is 48.1 Å². The van der Waals surface area contributed by atoms with Gasteiger partial charge in [-0.25, -0.2) is 0 Å². The van der Waals surface area contributed by atoms with Gasteiger partial charge in [-0.1, -0.05) is 13.8 Å². The molecule has 1 atom stereocenters. The van der Waals surface area contributed by atoms with Crippen LogP contribution in [0.15, 0.2) is 24.3 Å². The number of ether oxygens (including phenoxy) is 1. The number of aryl methyl sites for hydroxylation is 1. The second-order valence-electron chi connectivity index (χ2n) is 6.00. The lowest BCUT2D eigenvalue weighted by atomic mass is 10.1. The lowest BCUT2D eigenvalue weighted by Gasteiger charge is -2.12. The summed E-state index contributed by atoms with van der Waals surface area (Å²) < 4.78 is 5.78. The maximum absolute atomic E-state index is 5.85. The molecule has 2 rings (SSSR count). The van der Waals surface area contributed by atoms with Crippen LogP contribution in [0, 0.1) is 12.8 Å². The smallest absolute Gasteiger partial charge is 0.120 e. The molecule has 0 saturated heterocycles. The van der Waals surface area contributed by atoms with Crippen molar-refractivity contribution in [1.82, 2.24) is 4.98 Å². The Morgan fingerprint density at radius 3 is 2.60 bits per heavy atom. The van der Waals surface area contributed by atoms with Gasteiger partial charge < -0.3 is 10.5 Å². The van der Waals surface area contributed by atoms with Crippen molar-refractivity contribution in [2.75, 3.05) is 6.61 Å². The summed E-state index contributed by atoms with van der Waals surface area (Å²) in [5, 5.41) is 1.15. The highest BCUT2D eigenvalue weighted by Crippen LogP contribution is 2.24. The molecular formula is C17H24N2O. The molecule has 108 valence electrons. The summed E-state index contributed by atoms with van der Waals surface area (Å²) >= 11 is 0. The van der Waals surface area contributed by atoms with Crippen molar-refractivity contribution in [2.24, 2.45) is 11.7 Å². The molecule has 0 amide bonds. The zero-order chi connectivity index (χ0) is 14.7. The molecular weight excluding hydrogens is 248 g/mol. The van der Waals surface area contributed by atoms with Gasteiger partial charge in [0, 0.05) is 23.5 Å². The van der Waals surface area contributed by atoms with Gasteiger partial charge in [-0.2, -0.15) is 0 Å². The van der Waals surface area contributed by atoms with Gasteiger partial charge in [-0.3, -0.25) is 4.98 Å². The Hall–Kier alpha value is -1.61. The summed E-state index contributed by atoms with van der Waals surface area (Å²) in [6.07, 6.45) is 0.808. The molecule has 0 radical (unpaired) electrons. The lowest BCUT2D eigenvalue weighted by Crippen LogP contribution is -2.18. The van der Waals surface area contributed by atoms with E-state index in [1.54, 1.807) is 0 Å². The minimum atomic E-state index is 0.132. The van der Waals surface area contributed by atoms with Gasteiger partial charge >= 0.3 is 0 Å². The van der Waals surface area contributed by atoms with E-state index in [1.807, 2.05) is 19.1 Å². The molecule has 3 heteroatoms. The largest absolute Gasteiger partial charge is 0.493 e. The molecule has 1 unspecified atom stereocenters. The van der Waals surface area contributed by atoms with E-state index in [2.05, 4.69) is 37.9 Å². The molecule has 0 bridgehead atoms. The number of hydrogen-bond acceptors (Lipinski definition) is 3. The van der Waals surface area contributed by atoms with Crippen LogP contribution < -0.4 is 10.5 Å². The molecule has 0 fully saturated rings. The van der Waals surface area contributed by atoms with Crippen LogP contribution >= 0.6 is 0 Å². The molecule has 20 heavy (non-hydrogen) atoms. The number of nitrogens with zero attached hydrogens (tertiary/aromatic N) is 1. The summed E-state index contributed by atoms with van der Waals surface area (Å²) in [6.45, 7) is 9.15. The molecule has 0 saturated carbocycles. The number of aromatic nitrogens is 1. The second kappa shape index (κ2) is 6.23. The molecule has 1 aromatic heterocycles. The van der Waals surface area contributed by atoms with Crippen LogP contribution in [0.2, 0.25) is 0 Å². The number of pyridine rings is 1. The van der Waals surface area contributed by atoms with Gasteiger partial charge in [-0.05, 0) is 49.6 Å². The fourth-order valence-corrected chi connectivity index (χ4v) is 2.23. The average Bonchev–Trinajstić information content (AvgIpc) is 2.35. The Balaban J connectivity index is 2.31. The number of benzene rings is 1. The van der Waals surface area contributed by atoms with Gasteiger partial charge in [0.2, 0.25) is 0 Å². The van der Waals surface area contributed by atoms with E-state index >= 15 is 0 Å². The first-order chi connectivity index (χ1) is 9.45. The molecule has 0 spiro atoms. The molecule has 1 aromatic carbocycles. The first-order valence-corrected chi connectivity index (χ1v) is 7.24. The van der Waals surface area contributed by atoms with Gasteiger partial charge in [0.25, 0.3) is 0 Å². The van der Waals surface area contributed by atoms with Crippen LogP contribution in [0.3, 0.4) is 0 Å². The fraction of sp³-hybridized carbons (Fsp3) is 0.471. The minimum absolute atomic E-state index is 0.132. The van der Waals surface area contributed by atoms with Crippen LogP contribution in [0.1, 0.15) is 32.0 Å². The van der Waals surface area contributed by atoms with Crippen molar-refractivity contribution in [3.63, 3.8) is 0 Å². The third-order valence-electron chi connectivity index (χ3n) is 3.15. The SMILES string of the molecule is Cc1cc(CC(C)N)nc2ccc(OCC(C)C)cc12. The van der Waals surface area contributed by atoms with Crippen molar-refractivity contribution < 1.29 is 4.74 Å². The van der Waals surface area contributed by atoms with Gasteiger partial charge in [0.1, 0.15) is 5.75 Å². The maximum atomic E-state index is 5.85. The van der Waals surface area contributed by atoms with Gasteiger partial charge in [0.05, 0.1) is 12.1 Å². The summed E-state index contributed by atoms with van der Waals surface area (Å²) in [6, 6.07) is 8.36. The number of nitrogens with two attached hydrogens (primary N) is 1. The van der Waals surface area contributed by atoms with E-state index in [9.17, 15) is 0 Å². The molecule has 2 N–H and O–H groups in total. The standard InChI is InChI=1S/C17H24N2O/c1-11(2)10-20-15-5-6-17-16(9-15)12(3)7-14(19-17)8-13(4)18/h5-7,9,11,13H,8,10,18H2,1-4H3. The fourth-order valence-electron chi connectivity index (χ4n) is 2.23. The Morgan fingerprint density at radius 2 is 1.95 bits per heavy atom. The molecule has 2 aromatic rings. The molecule has 0 aliphatic rings. The number of hydrogen-bond donors (Lipinski definition) is 1. The summed E-state index contributed by atoms with van der Waals surface area (Å²) in [5.74, 6) is 1.44. The van der Waals surface area contributed by atoms with Gasteiger partial charge in [0.15, 0.2) is 0 Å². The summed E-state index contributed by atoms with van der Waals surface area (Å²) in [5.41, 5.74) is 9.14. The molecule has 1 heterocycles. The average molecular weight is 272 g/mol. The highest BCUT2D eigenvalue weighted by atomic mass is 16.5. The highest BCUT2D eigenvalue weighted by molar-refractivity contribution is 5.83. The zero-order valence-corrected chi connectivity index (χ0v) is 12.8. The quantitative estimate of drug-likeness (QED) is 0.906. The Morgan fingerprint density at radius 1 is 1.20 bits per heavy atom. The predicted octanol–water partition coefficient (Wildman–Crippen LogP) is 3.47. The van der Waals surface area contributed by atoms with Crippen LogP contribution in [0.4, 0.5) is 0 Å². The second-order valence-corrected chi connectivity index (χ2v) is 6.00. The number of rotatable bonds is 5. The Bertz CT molecular complexity index is 591. The van der Waals surface area contributed by atoms with Crippen molar-refractivity contribution in [3.8, 4) is 5.75 Å². The Labute approximate surface area is 121 Å². The van der Waals surface area contributed by atoms with Crippen molar-refractivity contribution in [3.05, 3.63) is 35.5 Å². The lowest BCUT2D eigenvalue weighted by molar-refractivity contribution is 0.271. The van der Waals surface area contributed by atoms with E-state index in [0.29, 0.717) is 5.92 Å². The normalized spacial score (nSPS) is 12.9. The Kier molecular flexibility index (Phi) is 4.61. The van der Waals surface area contributed by atoms with Crippen molar-refractivity contribution in [1.29, 1.82) is 0 Å². The third kappa shape index (κ3) is 3.70. The maximum Gasteiger partial charge on any atom is 0.120 e. The predicted molar refractivity (Wildman–Crippen MR) is 84.2 cm³/mol. The van der Waals surface area contributed by atoms with E-state index < -0.39 is 0 Å². The molecule has 0 aliphatic carbocycles. The minimum Gasteiger partial charge on any atom is -0.493 e. The van der Waals surface area contributed by atoms with Crippen molar-refractivity contribution in [2.45, 2.75) is 40.2 Å². The van der Waals surface area contributed by atoms with Crippen LogP contribution in [0.25, 0.3) is 10.9 Å². The van der Waals surface area contributed by atoms with Gasteiger partial charge in [-0.15, -0.1) is 0 Å². The monoisotopic (exact) mass is 272 g/mol.